The van der Waals surface area contributed by atoms with E-state index >= 15 is 0 Å². The molecule has 112 valence electrons. The lowest BCUT2D eigenvalue weighted by atomic mass is 9.90. The molecule has 1 fully saturated rings. The summed E-state index contributed by atoms with van der Waals surface area (Å²) in [6, 6.07) is 7.99. The van der Waals surface area contributed by atoms with Crippen LogP contribution in [0.3, 0.4) is 0 Å². The molecule has 0 bridgehead atoms. The van der Waals surface area contributed by atoms with Gasteiger partial charge in [-0.2, -0.15) is 0 Å². The van der Waals surface area contributed by atoms with Crippen LogP contribution in [0.5, 0.6) is 0 Å². The standard InChI is InChI=1S/C16H20BrN3O/c1-16(10-18)6-7-20(11-16)8-14-9-21-15(19-14)12-2-4-13(17)5-3-12/h2-5,9H,6-8,10-11,18H2,1H3. The van der Waals surface area contributed by atoms with Crippen molar-refractivity contribution in [2.45, 2.75) is 19.9 Å². The van der Waals surface area contributed by atoms with E-state index in [0.717, 1.165) is 48.3 Å². The van der Waals surface area contributed by atoms with Crippen molar-refractivity contribution in [3.63, 3.8) is 0 Å². The largest absolute Gasteiger partial charge is 0.444 e. The van der Waals surface area contributed by atoms with E-state index in [4.69, 9.17) is 10.2 Å². The normalized spacial score (nSPS) is 22.8. The highest BCUT2D eigenvalue weighted by Crippen LogP contribution is 2.29. The SMILES string of the molecule is CC1(CN)CCN(Cc2coc(-c3ccc(Br)cc3)n2)C1. The minimum Gasteiger partial charge on any atom is -0.444 e. The second-order valence-corrected chi connectivity index (χ2v) is 7.04. The fourth-order valence-corrected chi connectivity index (χ4v) is 3.03. The van der Waals surface area contributed by atoms with Crippen molar-refractivity contribution < 1.29 is 4.42 Å². The van der Waals surface area contributed by atoms with Crippen LogP contribution in [0.25, 0.3) is 11.5 Å². The van der Waals surface area contributed by atoms with Gasteiger partial charge in [0.05, 0.1) is 5.69 Å². The number of benzene rings is 1. The molecule has 1 unspecified atom stereocenters. The summed E-state index contributed by atoms with van der Waals surface area (Å²) in [5.74, 6) is 0.679. The summed E-state index contributed by atoms with van der Waals surface area (Å²) in [5, 5.41) is 0. The molecule has 2 N–H and O–H groups in total. The minimum absolute atomic E-state index is 0.248. The molecule has 1 atom stereocenters. The second kappa shape index (κ2) is 5.91. The van der Waals surface area contributed by atoms with E-state index in [1.165, 1.54) is 0 Å². The summed E-state index contributed by atoms with van der Waals surface area (Å²) in [5.41, 5.74) is 8.08. The molecule has 2 heterocycles. The number of rotatable bonds is 4. The number of likely N-dealkylation sites (tertiary alicyclic amines) is 1. The summed E-state index contributed by atoms with van der Waals surface area (Å²) in [6.07, 6.45) is 2.91. The quantitative estimate of drug-likeness (QED) is 0.920. The lowest BCUT2D eigenvalue weighted by Crippen LogP contribution is -2.31. The maximum absolute atomic E-state index is 5.85. The van der Waals surface area contributed by atoms with Gasteiger partial charge < -0.3 is 10.2 Å². The molecule has 1 aromatic heterocycles. The lowest BCUT2D eigenvalue weighted by molar-refractivity contribution is 0.272. The van der Waals surface area contributed by atoms with Gasteiger partial charge in [-0.1, -0.05) is 22.9 Å². The Morgan fingerprint density at radius 2 is 2.14 bits per heavy atom. The van der Waals surface area contributed by atoms with Gasteiger partial charge in [0.1, 0.15) is 6.26 Å². The molecular formula is C16H20BrN3O. The number of halogens is 1. The average molecular weight is 350 g/mol. The van der Waals surface area contributed by atoms with Crippen LogP contribution in [0.4, 0.5) is 0 Å². The van der Waals surface area contributed by atoms with E-state index in [2.05, 4.69) is 32.7 Å². The molecule has 1 aliphatic rings. The van der Waals surface area contributed by atoms with Crippen molar-refractivity contribution in [2.24, 2.45) is 11.1 Å². The molecule has 0 saturated carbocycles. The van der Waals surface area contributed by atoms with Crippen molar-refractivity contribution >= 4 is 15.9 Å². The number of hydrogen-bond acceptors (Lipinski definition) is 4. The fraction of sp³-hybridized carbons (Fsp3) is 0.438. The Hall–Kier alpha value is -1.17. The topological polar surface area (TPSA) is 55.3 Å². The molecule has 0 aliphatic carbocycles. The maximum Gasteiger partial charge on any atom is 0.226 e. The van der Waals surface area contributed by atoms with Gasteiger partial charge in [0.2, 0.25) is 5.89 Å². The maximum atomic E-state index is 5.85. The van der Waals surface area contributed by atoms with Crippen molar-refractivity contribution in [1.82, 2.24) is 9.88 Å². The van der Waals surface area contributed by atoms with Gasteiger partial charge in [-0.05, 0) is 49.2 Å². The van der Waals surface area contributed by atoms with Crippen molar-refractivity contribution in [1.29, 1.82) is 0 Å². The summed E-state index contributed by atoms with van der Waals surface area (Å²) in [4.78, 5) is 6.99. The molecule has 1 aromatic carbocycles. The second-order valence-electron chi connectivity index (χ2n) is 6.13. The molecular weight excluding hydrogens is 330 g/mol. The lowest BCUT2D eigenvalue weighted by Gasteiger charge is -2.21. The van der Waals surface area contributed by atoms with Gasteiger partial charge in [-0.15, -0.1) is 0 Å². The monoisotopic (exact) mass is 349 g/mol. The van der Waals surface area contributed by atoms with Crippen LogP contribution in [-0.4, -0.2) is 29.5 Å². The minimum atomic E-state index is 0.248. The third-order valence-electron chi connectivity index (χ3n) is 4.16. The molecule has 2 aromatic rings. The molecule has 1 aliphatic heterocycles. The van der Waals surface area contributed by atoms with Crippen LogP contribution in [0.2, 0.25) is 0 Å². The van der Waals surface area contributed by atoms with Crippen molar-refractivity contribution in [2.75, 3.05) is 19.6 Å². The van der Waals surface area contributed by atoms with E-state index in [1.807, 2.05) is 24.3 Å². The first-order chi connectivity index (χ1) is 10.1. The first-order valence-corrected chi connectivity index (χ1v) is 8.00. The molecule has 0 radical (unpaired) electrons. The Labute approximate surface area is 133 Å². The third kappa shape index (κ3) is 3.36. The Kier molecular flexibility index (Phi) is 4.15. The molecule has 4 nitrogen and oxygen atoms in total. The zero-order valence-electron chi connectivity index (χ0n) is 12.2. The number of nitrogens with zero attached hydrogens (tertiary/aromatic N) is 2. The van der Waals surface area contributed by atoms with Gasteiger partial charge in [0.25, 0.3) is 0 Å². The Bertz CT molecular complexity index is 610. The van der Waals surface area contributed by atoms with Crippen LogP contribution in [0, 0.1) is 5.41 Å². The summed E-state index contributed by atoms with van der Waals surface area (Å²) < 4.78 is 6.65. The number of nitrogens with two attached hydrogens (primary N) is 1. The van der Waals surface area contributed by atoms with Gasteiger partial charge >= 0.3 is 0 Å². The predicted octanol–water partition coefficient (Wildman–Crippen LogP) is 3.27. The summed E-state index contributed by atoms with van der Waals surface area (Å²) >= 11 is 3.43. The summed E-state index contributed by atoms with van der Waals surface area (Å²) in [7, 11) is 0. The van der Waals surface area contributed by atoms with E-state index < -0.39 is 0 Å². The van der Waals surface area contributed by atoms with Gasteiger partial charge in [-0.25, -0.2) is 4.98 Å². The Balaban J connectivity index is 1.67. The fourth-order valence-electron chi connectivity index (χ4n) is 2.76. The van der Waals surface area contributed by atoms with Crippen LogP contribution >= 0.6 is 15.9 Å². The molecule has 3 rings (SSSR count). The van der Waals surface area contributed by atoms with E-state index in [9.17, 15) is 0 Å². The molecule has 5 heteroatoms. The van der Waals surface area contributed by atoms with Gasteiger partial charge in [-0.3, -0.25) is 4.90 Å². The number of hydrogen-bond donors (Lipinski definition) is 1. The smallest absolute Gasteiger partial charge is 0.226 e. The first-order valence-electron chi connectivity index (χ1n) is 7.21. The number of oxazole rings is 1. The third-order valence-corrected chi connectivity index (χ3v) is 4.69. The number of aromatic nitrogens is 1. The zero-order chi connectivity index (χ0) is 14.9. The average Bonchev–Trinajstić information content (AvgIpc) is 3.08. The Morgan fingerprint density at radius 3 is 2.81 bits per heavy atom. The summed E-state index contributed by atoms with van der Waals surface area (Å²) in [6.45, 7) is 5.93. The first kappa shape index (κ1) is 14.8. The van der Waals surface area contributed by atoms with Crippen LogP contribution in [0.1, 0.15) is 19.0 Å². The van der Waals surface area contributed by atoms with E-state index in [0.29, 0.717) is 5.89 Å². The van der Waals surface area contributed by atoms with Gasteiger partial charge in [0.15, 0.2) is 0 Å². The van der Waals surface area contributed by atoms with Crippen LogP contribution < -0.4 is 5.73 Å². The van der Waals surface area contributed by atoms with Gasteiger partial charge in [0, 0.05) is 23.1 Å². The molecule has 1 saturated heterocycles. The van der Waals surface area contributed by atoms with Crippen LogP contribution in [0.15, 0.2) is 39.4 Å². The molecule has 0 spiro atoms. The Morgan fingerprint density at radius 1 is 1.38 bits per heavy atom. The van der Waals surface area contributed by atoms with Crippen LogP contribution in [-0.2, 0) is 6.54 Å². The van der Waals surface area contributed by atoms with E-state index in [-0.39, 0.29) is 5.41 Å². The van der Waals surface area contributed by atoms with Crippen molar-refractivity contribution in [3.05, 3.63) is 40.7 Å². The highest BCUT2D eigenvalue weighted by Gasteiger charge is 2.32. The predicted molar refractivity (Wildman–Crippen MR) is 86.7 cm³/mol. The highest BCUT2D eigenvalue weighted by atomic mass is 79.9. The van der Waals surface area contributed by atoms with E-state index in [1.54, 1.807) is 6.26 Å². The molecule has 21 heavy (non-hydrogen) atoms. The molecule has 0 amide bonds. The highest BCUT2D eigenvalue weighted by molar-refractivity contribution is 9.10. The van der Waals surface area contributed by atoms with Crippen molar-refractivity contribution in [3.8, 4) is 11.5 Å². The zero-order valence-corrected chi connectivity index (χ0v) is 13.8.